The van der Waals surface area contributed by atoms with E-state index >= 15 is 0 Å². The molecule has 128 valence electrons. The highest BCUT2D eigenvalue weighted by Gasteiger charge is 2.19. The Labute approximate surface area is 142 Å². The number of carbonyl (C=O) groups excluding carboxylic acids is 1. The number of methoxy groups -OCH3 is 2. The number of aromatic hydroxyl groups is 1. The maximum atomic E-state index is 12.7. The SMILES string of the molecule is COc1ccc(CN(C)C(=O)c2ccc(C)c(C)c2O)c(OC)c1. The Hall–Kier alpha value is -2.69. The largest absolute Gasteiger partial charge is 0.507 e. The topological polar surface area (TPSA) is 59.0 Å². The van der Waals surface area contributed by atoms with E-state index in [2.05, 4.69) is 0 Å². The zero-order chi connectivity index (χ0) is 17.9. The van der Waals surface area contributed by atoms with Crippen LogP contribution in [-0.4, -0.2) is 37.2 Å². The number of rotatable bonds is 5. The highest BCUT2D eigenvalue weighted by Crippen LogP contribution is 2.28. The number of benzene rings is 2. The lowest BCUT2D eigenvalue weighted by Gasteiger charge is -2.20. The average Bonchev–Trinajstić information content (AvgIpc) is 2.59. The lowest BCUT2D eigenvalue weighted by atomic mass is 10.0. The molecule has 0 atom stereocenters. The summed E-state index contributed by atoms with van der Waals surface area (Å²) in [5, 5.41) is 10.2. The lowest BCUT2D eigenvalue weighted by molar-refractivity contribution is 0.0781. The number of aryl methyl sites for hydroxylation is 1. The molecule has 2 aromatic rings. The van der Waals surface area contributed by atoms with E-state index in [-0.39, 0.29) is 11.7 Å². The van der Waals surface area contributed by atoms with Crippen LogP contribution >= 0.6 is 0 Å². The minimum absolute atomic E-state index is 0.0357. The number of ether oxygens (including phenoxy) is 2. The maximum Gasteiger partial charge on any atom is 0.257 e. The Morgan fingerprint density at radius 1 is 1.12 bits per heavy atom. The van der Waals surface area contributed by atoms with Crippen LogP contribution in [0.4, 0.5) is 0 Å². The smallest absolute Gasteiger partial charge is 0.257 e. The predicted molar refractivity (Wildman–Crippen MR) is 92.9 cm³/mol. The molecule has 0 bridgehead atoms. The van der Waals surface area contributed by atoms with Gasteiger partial charge in [0.15, 0.2) is 0 Å². The summed E-state index contributed by atoms with van der Waals surface area (Å²) in [7, 11) is 4.86. The monoisotopic (exact) mass is 329 g/mol. The molecule has 0 heterocycles. The van der Waals surface area contributed by atoms with Crippen molar-refractivity contribution in [3.63, 3.8) is 0 Å². The zero-order valence-electron chi connectivity index (χ0n) is 14.7. The van der Waals surface area contributed by atoms with E-state index in [1.807, 2.05) is 25.1 Å². The van der Waals surface area contributed by atoms with Crippen molar-refractivity contribution < 1.29 is 19.4 Å². The lowest BCUT2D eigenvalue weighted by Crippen LogP contribution is -2.26. The third-order valence-electron chi connectivity index (χ3n) is 4.18. The molecule has 0 aliphatic heterocycles. The van der Waals surface area contributed by atoms with Gasteiger partial charge in [-0.15, -0.1) is 0 Å². The normalized spacial score (nSPS) is 10.4. The first-order chi connectivity index (χ1) is 11.4. The zero-order valence-corrected chi connectivity index (χ0v) is 14.7. The van der Waals surface area contributed by atoms with E-state index in [1.54, 1.807) is 45.2 Å². The van der Waals surface area contributed by atoms with Gasteiger partial charge in [-0.2, -0.15) is 0 Å². The predicted octanol–water partition coefficient (Wildman–Crippen LogP) is 3.30. The number of phenolic OH excluding ortho intramolecular Hbond substituents is 1. The molecule has 2 aromatic carbocycles. The minimum Gasteiger partial charge on any atom is -0.507 e. The summed E-state index contributed by atoms with van der Waals surface area (Å²) in [6.45, 7) is 4.06. The van der Waals surface area contributed by atoms with Crippen molar-refractivity contribution in [2.75, 3.05) is 21.3 Å². The van der Waals surface area contributed by atoms with Crippen LogP contribution in [0.15, 0.2) is 30.3 Å². The maximum absolute atomic E-state index is 12.7. The summed E-state index contributed by atoms with van der Waals surface area (Å²) >= 11 is 0. The summed E-state index contributed by atoms with van der Waals surface area (Å²) in [6, 6.07) is 8.96. The van der Waals surface area contributed by atoms with Gasteiger partial charge in [0, 0.05) is 25.2 Å². The van der Waals surface area contributed by atoms with Crippen LogP contribution in [0.3, 0.4) is 0 Å². The molecule has 2 rings (SSSR count). The van der Waals surface area contributed by atoms with Crippen LogP contribution in [0.1, 0.15) is 27.0 Å². The molecule has 0 fully saturated rings. The summed E-state index contributed by atoms with van der Waals surface area (Å²) < 4.78 is 10.5. The molecule has 1 amide bonds. The first-order valence-electron chi connectivity index (χ1n) is 7.64. The molecular weight excluding hydrogens is 306 g/mol. The Balaban J connectivity index is 2.25. The molecule has 0 spiro atoms. The average molecular weight is 329 g/mol. The van der Waals surface area contributed by atoms with Gasteiger partial charge in [-0.1, -0.05) is 6.07 Å². The van der Waals surface area contributed by atoms with E-state index in [0.29, 0.717) is 23.6 Å². The Morgan fingerprint density at radius 2 is 1.83 bits per heavy atom. The Morgan fingerprint density at radius 3 is 2.46 bits per heavy atom. The number of hydrogen-bond donors (Lipinski definition) is 1. The van der Waals surface area contributed by atoms with Crippen molar-refractivity contribution in [1.82, 2.24) is 4.90 Å². The molecule has 1 N–H and O–H groups in total. The molecule has 0 aliphatic carbocycles. The minimum atomic E-state index is -0.242. The molecule has 5 heteroatoms. The van der Waals surface area contributed by atoms with Gasteiger partial charge in [0.1, 0.15) is 17.2 Å². The summed E-state index contributed by atoms with van der Waals surface area (Å²) in [5.41, 5.74) is 2.82. The standard InChI is InChI=1S/C19H23NO4/c1-12-6-9-16(18(21)13(12)2)19(22)20(3)11-14-7-8-15(23-4)10-17(14)24-5/h6-10,21H,11H2,1-5H3. The van der Waals surface area contributed by atoms with Crippen LogP contribution in [0, 0.1) is 13.8 Å². The molecule has 0 unspecified atom stereocenters. The van der Waals surface area contributed by atoms with Gasteiger partial charge in [0.25, 0.3) is 5.91 Å². The second-order valence-corrected chi connectivity index (χ2v) is 5.74. The summed E-state index contributed by atoms with van der Waals surface area (Å²) in [6.07, 6.45) is 0. The number of amides is 1. The Bertz CT molecular complexity index is 755. The number of hydrogen-bond acceptors (Lipinski definition) is 4. The van der Waals surface area contributed by atoms with E-state index in [0.717, 1.165) is 16.7 Å². The molecular formula is C19H23NO4. The van der Waals surface area contributed by atoms with Crippen molar-refractivity contribution >= 4 is 5.91 Å². The fourth-order valence-corrected chi connectivity index (χ4v) is 2.49. The number of phenols is 1. The van der Waals surface area contributed by atoms with Gasteiger partial charge in [-0.25, -0.2) is 0 Å². The first kappa shape index (κ1) is 17.7. The second kappa shape index (κ2) is 7.25. The third kappa shape index (κ3) is 3.45. The van der Waals surface area contributed by atoms with Gasteiger partial charge in [-0.3, -0.25) is 4.79 Å². The van der Waals surface area contributed by atoms with Gasteiger partial charge in [-0.05, 0) is 43.2 Å². The highest BCUT2D eigenvalue weighted by molar-refractivity contribution is 5.97. The van der Waals surface area contributed by atoms with Crippen molar-refractivity contribution in [2.45, 2.75) is 20.4 Å². The van der Waals surface area contributed by atoms with E-state index < -0.39 is 0 Å². The number of carbonyl (C=O) groups is 1. The fraction of sp³-hybridized carbons (Fsp3) is 0.316. The van der Waals surface area contributed by atoms with Crippen molar-refractivity contribution in [3.8, 4) is 17.2 Å². The summed E-state index contributed by atoms with van der Waals surface area (Å²) in [4.78, 5) is 14.2. The van der Waals surface area contributed by atoms with Gasteiger partial charge in [0.2, 0.25) is 0 Å². The van der Waals surface area contributed by atoms with Crippen LogP contribution in [-0.2, 0) is 6.54 Å². The highest BCUT2D eigenvalue weighted by atomic mass is 16.5. The van der Waals surface area contributed by atoms with E-state index in [9.17, 15) is 9.90 Å². The van der Waals surface area contributed by atoms with E-state index in [4.69, 9.17) is 9.47 Å². The molecule has 24 heavy (non-hydrogen) atoms. The van der Waals surface area contributed by atoms with Crippen LogP contribution in [0.25, 0.3) is 0 Å². The fourth-order valence-electron chi connectivity index (χ4n) is 2.49. The number of nitrogens with zero attached hydrogens (tertiary/aromatic N) is 1. The molecule has 0 aromatic heterocycles. The van der Waals surface area contributed by atoms with Crippen LogP contribution in [0.2, 0.25) is 0 Å². The molecule has 0 radical (unpaired) electrons. The van der Waals surface area contributed by atoms with Gasteiger partial charge >= 0.3 is 0 Å². The van der Waals surface area contributed by atoms with Crippen molar-refractivity contribution in [3.05, 3.63) is 52.6 Å². The van der Waals surface area contributed by atoms with Crippen molar-refractivity contribution in [1.29, 1.82) is 0 Å². The summed E-state index contributed by atoms with van der Waals surface area (Å²) in [5.74, 6) is 1.14. The third-order valence-corrected chi connectivity index (χ3v) is 4.18. The quantitative estimate of drug-likeness (QED) is 0.914. The van der Waals surface area contributed by atoms with E-state index in [1.165, 1.54) is 0 Å². The Kier molecular flexibility index (Phi) is 5.34. The van der Waals surface area contributed by atoms with Gasteiger partial charge < -0.3 is 19.5 Å². The molecule has 0 saturated heterocycles. The van der Waals surface area contributed by atoms with Gasteiger partial charge in [0.05, 0.1) is 19.8 Å². The molecule has 0 aliphatic rings. The van der Waals surface area contributed by atoms with Crippen molar-refractivity contribution in [2.24, 2.45) is 0 Å². The van der Waals surface area contributed by atoms with Crippen LogP contribution < -0.4 is 9.47 Å². The van der Waals surface area contributed by atoms with Crippen LogP contribution in [0.5, 0.6) is 17.2 Å². The molecule has 0 saturated carbocycles. The molecule has 5 nitrogen and oxygen atoms in total. The first-order valence-corrected chi connectivity index (χ1v) is 7.64. The second-order valence-electron chi connectivity index (χ2n) is 5.74.